The maximum Gasteiger partial charge on any atom is 0.245 e. The molecule has 4 atom stereocenters. The second-order valence-electron chi connectivity index (χ2n) is 7.73. The van der Waals surface area contributed by atoms with Crippen LogP contribution in [0.15, 0.2) is 18.5 Å². The molecule has 0 saturated carbocycles. The fourth-order valence-corrected chi connectivity index (χ4v) is 4.01. The predicted molar refractivity (Wildman–Crippen MR) is 101 cm³/mol. The Labute approximate surface area is 164 Å². The standard InChI is InChI=1S/C19H29N5O4/c1-13(24-8-4-7-20-24)9-18(27)21-14-10-15(12-25)23(11-14)19(28)16-5-2-3-6-17(26)22-16/h4,7-8,13-16,25H,2-3,5-6,9-12H2,1H3,(H,21,27)(H,22,26)/t13?,14-,15-,16?/m0/s1. The third-order valence-corrected chi connectivity index (χ3v) is 5.51. The minimum absolute atomic E-state index is 0.0658. The first kappa shape index (κ1) is 20.3. The Kier molecular flexibility index (Phi) is 6.66. The van der Waals surface area contributed by atoms with Gasteiger partial charge in [-0.05, 0) is 32.3 Å². The largest absolute Gasteiger partial charge is 0.394 e. The Bertz CT molecular complexity index is 693. The van der Waals surface area contributed by atoms with Crippen LogP contribution in [-0.2, 0) is 14.4 Å². The average Bonchev–Trinajstić information content (AvgIpc) is 3.28. The fraction of sp³-hybridized carbons (Fsp3) is 0.684. The van der Waals surface area contributed by atoms with E-state index >= 15 is 0 Å². The van der Waals surface area contributed by atoms with E-state index in [9.17, 15) is 19.5 Å². The molecule has 0 bridgehead atoms. The molecule has 2 saturated heterocycles. The van der Waals surface area contributed by atoms with Crippen molar-refractivity contribution in [3.8, 4) is 0 Å². The maximum absolute atomic E-state index is 12.9. The van der Waals surface area contributed by atoms with Gasteiger partial charge in [0.1, 0.15) is 6.04 Å². The summed E-state index contributed by atoms with van der Waals surface area (Å²) in [4.78, 5) is 38.7. The van der Waals surface area contributed by atoms with Gasteiger partial charge in [0, 0.05) is 37.8 Å². The zero-order valence-electron chi connectivity index (χ0n) is 16.2. The summed E-state index contributed by atoms with van der Waals surface area (Å²) < 4.78 is 1.73. The molecule has 0 aromatic carbocycles. The molecule has 154 valence electrons. The Morgan fingerprint density at radius 2 is 2.25 bits per heavy atom. The minimum atomic E-state index is -0.543. The lowest BCUT2D eigenvalue weighted by Crippen LogP contribution is -2.50. The first-order valence-electron chi connectivity index (χ1n) is 9.97. The van der Waals surface area contributed by atoms with E-state index in [1.165, 1.54) is 0 Å². The quantitative estimate of drug-likeness (QED) is 0.630. The van der Waals surface area contributed by atoms with Crippen molar-refractivity contribution in [2.24, 2.45) is 0 Å². The van der Waals surface area contributed by atoms with Crippen molar-refractivity contribution in [1.29, 1.82) is 0 Å². The SMILES string of the molecule is CC(CC(=O)N[C@H]1C[C@@H](CO)N(C(=O)C2CCCCC(=O)N2)C1)n1cccn1. The molecule has 28 heavy (non-hydrogen) atoms. The molecular weight excluding hydrogens is 362 g/mol. The van der Waals surface area contributed by atoms with Crippen LogP contribution in [0.1, 0.15) is 51.5 Å². The molecule has 2 fully saturated rings. The summed E-state index contributed by atoms with van der Waals surface area (Å²) in [6, 6.07) is 0.649. The highest BCUT2D eigenvalue weighted by atomic mass is 16.3. The van der Waals surface area contributed by atoms with Crippen LogP contribution in [0.4, 0.5) is 0 Å². The van der Waals surface area contributed by atoms with E-state index in [1.54, 1.807) is 15.8 Å². The highest BCUT2D eigenvalue weighted by Gasteiger charge is 2.38. The zero-order valence-corrected chi connectivity index (χ0v) is 16.2. The van der Waals surface area contributed by atoms with Crippen molar-refractivity contribution in [1.82, 2.24) is 25.3 Å². The molecule has 2 aliphatic heterocycles. The van der Waals surface area contributed by atoms with E-state index in [0.29, 0.717) is 25.8 Å². The number of rotatable bonds is 6. The van der Waals surface area contributed by atoms with Gasteiger partial charge in [-0.2, -0.15) is 5.10 Å². The number of likely N-dealkylation sites (tertiary alicyclic amines) is 1. The van der Waals surface area contributed by atoms with Crippen LogP contribution in [0.2, 0.25) is 0 Å². The van der Waals surface area contributed by atoms with Crippen molar-refractivity contribution in [2.45, 2.75) is 69.6 Å². The molecule has 3 rings (SSSR count). The van der Waals surface area contributed by atoms with Crippen LogP contribution in [0, 0.1) is 0 Å². The lowest BCUT2D eigenvalue weighted by Gasteiger charge is -2.27. The van der Waals surface area contributed by atoms with Gasteiger partial charge in [0.15, 0.2) is 0 Å². The molecule has 0 radical (unpaired) electrons. The highest BCUT2D eigenvalue weighted by Crippen LogP contribution is 2.21. The molecule has 1 aromatic heterocycles. The Morgan fingerprint density at radius 3 is 2.96 bits per heavy atom. The van der Waals surface area contributed by atoms with Gasteiger partial charge >= 0.3 is 0 Å². The van der Waals surface area contributed by atoms with Crippen LogP contribution in [0.25, 0.3) is 0 Å². The number of aliphatic hydroxyl groups excluding tert-OH is 1. The fourth-order valence-electron chi connectivity index (χ4n) is 4.01. The third-order valence-electron chi connectivity index (χ3n) is 5.51. The number of carbonyl (C=O) groups is 3. The van der Waals surface area contributed by atoms with Crippen molar-refractivity contribution in [2.75, 3.05) is 13.2 Å². The Morgan fingerprint density at radius 1 is 1.43 bits per heavy atom. The molecule has 2 aliphatic rings. The van der Waals surface area contributed by atoms with Crippen molar-refractivity contribution in [3.63, 3.8) is 0 Å². The smallest absolute Gasteiger partial charge is 0.245 e. The second-order valence-corrected chi connectivity index (χ2v) is 7.73. The van der Waals surface area contributed by atoms with Crippen molar-refractivity contribution in [3.05, 3.63) is 18.5 Å². The summed E-state index contributed by atoms with van der Waals surface area (Å²) in [5.74, 6) is -0.384. The molecule has 0 aliphatic carbocycles. The topological polar surface area (TPSA) is 117 Å². The molecule has 3 N–H and O–H groups in total. The molecular formula is C19H29N5O4. The van der Waals surface area contributed by atoms with Crippen LogP contribution >= 0.6 is 0 Å². The molecule has 2 unspecified atom stereocenters. The van der Waals surface area contributed by atoms with E-state index in [2.05, 4.69) is 15.7 Å². The van der Waals surface area contributed by atoms with Gasteiger partial charge in [-0.1, -0.05) is 6.42 Å². The van der Waals surface area contributed by atoms with Crippen molar-refractivity contribution < 1.29 is 19.5 Å². The zero-order chi connectivity index (χ0) is 20.1. The lowest BCUT2D eigenvalue weighted by atomic mass is 10.1. The molecule has 9 heteroatoms. The molecule has 1 aromatic rings. The van der Waals surface area contributed by atoms with Crippen LogP contribution in [0.3, 0.4) is 0 Å². The number of aromatic nitrogens is 2. The number of hydrogen-bond donors (Lipinski definition) is 3. The van der Waals surface area contributed by atoms with Crippen LogP contribution < -0.4 is 10.6 Å². The number of hydrogen-bond acceptors (Lipinski definition) is 5. The summed E-state index contributed by atoms with van der Waals surface area (Å²) in [5.41, 5.74) is 0. The second kappa shape index (κ2) is 9.18. The highest BCUT2D eigenvalue weighted by molar-refractivity contribution is 5.88. The van der Waals surface area contributed by atoms with Gasteiger partial charge < -0.3 is 20.6 Å². The summed E-state index contributed by atoms with van der Waals surface area (Å²) in [6.45, 7) is 2.10. The van der Waals surface area contributed by atoms with Gasteiger partial charge in [-0.3, -0.25) is 19.1 Å². The first-order valence-corrected chi connectivity index (χ1v) is 9.97. The van der Waals surface area contributed by atoms with E-state index in [0.717, 1.165) is 12.8 Å². The van der Waals surface area contributed by atoms with E-state index in [4.69, 9.17) is 0 Å². The number of nitrogens with zero attached hydrogens (tertiary/aromatic N) is 3. The van der Waals surface area contributed by atoms with Gasteiger partial charge in [0.2, 0.25) is 17.7 Å². The number of carbonyl (C=O) groups excluding carboxylic acids is 3. The van der Waals surface area contributed by atoms with E-state index < -0.39 is 6.04 Å². The summed E-state index contributed by atoms with van der Waals surface area (Å²) in [7, 11) is 0. The summed E-state index contributed by atoms with van der Waals surface area (Å²) in [6.07, 6.45) is 6.94. The summed E-state index contributed by atoms with van der Waals surface area (Å²) in [5, 5.41) is 19.6. The molecule has 9 nitrogen and oxygen atoms in total. The lowest BCUT2D eigenvalue weighted by molar-refractivity contribution is -0.137. The monoisotopic (exact) mass is 391 g/mol. The summed E-state index contributed by atoms with van der Waals surface area (Å²) >= 11 is 0. The Hall–Kier alpha value is -2.42. The van der Waals surface area contributed by atoms with E-state index in [1.807, 2.05) is 19.2 Å². The average molecular weight is 391 g/mol. The van der Waals surface area contributed by atoms with Gasteiger partial charge in [-0.25, -0.2) is 0 Å². The molecule has 3 heterocycles. The van der Waals surface area contributed by atoms with Crippen LogP contribution in [0.5, 0.6) is 0 Å². The number of nitrogens with one attached hydrogen (secondary N) is 2. The number of aliphatic hydroxyl groups is 1. The molecule has 3 amide bonds. The minimum Gasteiger partial charge on any atom is -0.394 e. The van der Waals surface area contributed by atoms with Gasteiger partial charge in [0.25, 0.3) is 0 Å². The van der Waals surface area contributed by atoms with Gasteiger partial charge in [-0.15, -0.1) is 0 Å². The predicted octanol–water partition coefficient (Wildman–Crippen LogP) is -0.0290. The maximum atomic E-state index is 12.9. The molecule has 0 spiro atoms. The Balaban J connectivity index is 1.56. The van der Waals surface area contributed by atoms with Crippen molar-refractivity contribution >= 4 is 17.7 Å². The third kappa shape index (κ3) is 4.89. The number of amides is 3. The van der Waals surface area contributed by atoms with E-state index in [-0.39, 0.29) is 48.9 Å². The first-order chi connectivity index (χ1) is 13.5. The van der Waals surface area contributed by atoms with Crippen LogP contribution in [-0.4, -0.2) is 68.8 Å². The normalized spacial score (nSPS) is 26.4. The van der Waals surface area contributed by atoms with Gasteiger partial charge in [0.05, 0.1) is 18.7 Å².